The van der Waals surface area contributed by atoms with Crippen LogP contribution in [0.1, 0.15) is 21.5 Å². The number of halogens is 2. The van der Waals surface area contributed by atoms with Crippen LogP contribution in [-0.4, -0.2) is 34.1 Å². The van der Waals surface area contributed by atoms with Crippen molar-refractivity contribution < 1.29 is 19.4 Å². The number of benzene rings is 4. The Balaban J connectivity index is 1.53. The minimum Gasteiger partial charge on any atom is -0.493 e. The van der Waals surface area contributed by atoms with Gasteiger partial charge in [0.2, 0.25) is 0 Å². The van der Waals surface area contributed by atoms with E-state index in [2.05, 4.69) is 21.0 Å². The first-order chi connectivity index (χ1) is 19.4. The van der Waals surface area contributed by atoms with Crippen molar-refractivity contribution in [1.29, 1.82) is 0 Å². The van der Waals surface area contributed by atoms with E-state index in [4.69, 9.17) is 26.1 Å². The van der Waals surface area contributed by atoms with Gasteiger partial charge in [0.15, 0.2) is 17.3 Å². The second kappa shape index (κ2) is 11.7. The SMILES string of the molecule is COc1cc(C=Nn2c(-c3ccccc3)nc3ccccc3c2=O)c(Br)c(Cl)c1OCc1cccc(C(=O)O)c1. The van der Waals surface area contributed by atoms with Crippen molar-refractivity contribution in [3.05, 3.63) is 121 Å². The lowest BCUT2D eigenvalue weighted by Crippen LogP contribution is -2.20. The molecule has 8 nitrogen and oxygen atoms in total. The summed E-state index contributed by atoms with van der Waals surface area (Å²) in [6, 6.07) is 24.5. The lowest BCUT2D eigenvalue weighted by molar-refractivity contribution is 0.0696. The third kappa shape index (κ3) is 5.47. The Hall–Kier alpha value is -4.47. The van der Waals surface area contributed by atoms with E-state index in [1.807, 2.05) is 36.4 Å². The van der Waals surface area contributed by atoms with Crippen molar-refractivity contribution in [1.82, 2.24) is 9.66 Å². The van der Waals surface area contributed by atoms with Crippen LogP contribution in [0.3, 0.4) is 0 Å². The Labute approximate surface area is 242 Å². The lowest BCUT2D eigenvalue weighted by atomic mass is 10.1. The number of para-hydroxylation sites is 1. The monoisotopic (exact) mass is 617 g/mol. The van der Waals surface area contributed by atoms with E-state index in [0.29, 0.717) is 38.1 Å². The zero-order chi connectivity index (χ0) is 28.2. The van der Waals surface area contributed by atoms with E-state index in [0.717, 1.165) is 5.56 Å². The number of carboxylic acids is 1. The third-order valence-corrected chi connectivity index (χ3v) is 7.47. The molecule has 5 rings (SSSR count). The summed E-state index contributed by atoms with van der Waals surface area (Å²) in [4.78, 5) is 29.4. The Morgan fingerprint density at radius 1 is 1.07 bits per heavy atom. The molecule has 0 fully saturated rings. The number of carboxylic acid groups (broad SMARTS) is 1. The van der Waals surface area contributed by atoms with Gasteiger partial charge in [-0.1, -0.05) is 66.2 Å². The van der Waals surface area contributed by atoms with Crippen LogP contribution in [-0.2, 0) is 6.61 Å². The molecule has 5 aromatic rings. The third-order valence-electron chi connectivity index (χ3n) is 6.03. The normalized spacial score (nSPS) is 11.2. The summed E-state index contributed by atoms with van der Waals surface area (Å²) in [7, 11) is 1.48. The number of ether oxygens (including phenoxy) is 2. The van der Waals surface area contributed by atoms with Crippen molar-refractivity contribution in [2.45, 2.75) is 6.61 Å². The van der Waals surface area contributed by atoms with Gasteiger partial charge in [-0.15, -0.1) is 0 Å². The number of nitrogens with zero attached hydrogens (tertiary/aromatic N) is 3. The molecule has 10 heteroatoms. The Morgan fingerprint density at radius 3 is 2.58 bits per heavy atom. The molecule has 0 atom stereocenters. The first-order valence-corrected chi connectivity index (χ1v) is 13.2. The predicted octanol–water partition coefficient (Wildman–Crippen LogP) is 6.65. The molecule has 1 heterocycles. The van der Waals surface area contributed by atoms with Crippen LogP contribution >= 0.6 is 27.5 Å². The largest absolute Gasteiger partial charge is 0.493 e. The number of hydrogen-bond donors (Lipinski definition) is 1. The molecule has 40 heavy (non-hydrogen) atoms. The van der Waals surface area contributed by atoms with Gasteiger partial charge in [0.1, 0.15) is 11.6 Å². The Morgan fingerprint density at radius 2 is 1.82 bits per heavy atom. The van der Waals surface area contributed by atoms with Crippen molar-refractivity contribution in [3.63, 3.8) is 0 Å². The molecule has 200 valence electrons. The van der Waals surface area contributed by atoms with Crippen LogP contribution < -0.4 is 15.0 Å². The molecule has 1 aromatic heterocycles. The molecule has 0 bridgehead atoms. The van der Waals surface area contributed by atoms with E-state index < -0.39 is 5.97 Å². The Bertz CT molecular complexity index is 1820. The summed E-state index contributed by atoms with van der Waals surface area (Å²) in [5.74, 6) is -0.0435. The van der Waals surface area contributed by atoms with Crippen LogP contribution in [0.5, 0.6) is 11.5 Å². The average molecular weight is 619 g/mol. The summed E-state index contributed by atoms with van der Waals surface area (Å²) in [5, 5.41) is 14.4. The lowest BCUT2D eigenvalue weighted by Gasteiger charge is -2.15. The minimum absolute atomic E-state index is 0.0651. The van der Waals surface area contributed by atoms with Crippen molar-refractivity contribution in [3.8, 4) is 22.9 Å². The fourth-order valence-corrected chi connectivity index (χ4v) is 4.71. The summed E-state index contributed by atoms with van der Waals surface area (Å²) in [6.45, 7) is 0.0651. The van der Waals surface area contributed by atoms with Crippen LogP contribution in [0.2, 0.25) is 5.02 Å². The van der Waals surface area contributed by atoms with Gasteiger partial charge in [0, 0.05) is 15.6 Å². The van der Waals surface area contributed by atoms with Gasteiger partial charge in [-0.05, 0) is 51.8 Å². The molecule has 0 aliphatic heterocycles. The number of hydrogen-bond acceptors (Lipinski definition) is 6. The second-order valence-corrected chi connectivity index (χ2v) is 9.77. The van der Waals surface area contributed by atoms with E-state index in [1.165, 1.54) is 30.1 Å². The number of carbonyl (C=O) groups is 1. The van der Waals surface area contributed by atoms with Gasteiger partial charge >= 0.3 is 5.97 Å². The molecule has 0 unspecified atom stereocenters. The fourth-order valence-electron chi connectivity index (χ4n) is 4.06. The molecular weight excluding hydrogens is 598 g/mol. The number of rotatable bonds is 8. The van der Waals surface area contributed by atoms with Crippen molar-refractivity contribution in [2.75, 3.05) is 7.11 Å². The summed E-state index contributed by atoms with van der Waals surface area (Å²) < 4.78 is 13.2. The topological polar surface area (TPSA) is 103 Å². The van der Waals surface area contributed by atoms with Gasteiger partial charge in [0.05, 0.1) is 29.8 Å². The van der Waals surface area contributed by atoms with Gasteiger partial charge in [-0.2, -0.15) is 9.78 Å². The van der Waals surface area contributed by atoms with Crippen LogP contribution in [0, 0.1) is 0 Å². The van der Waals surface area contributed by atoms with Gasteiger partial charge in [0.25, 0.3) is 5.56 Å². The van der Waals surface area contributed by atoms with Crippen LogP contribution in [0.25, 0.3) is 22.3 Å². The predicted molar refractivity (Wildman–Crippen MR) is 158 cm³/mol. The van der Waals surface area contributed by atoms with E-state index >= 15 is 0 Å². The molecule has 0 amide bonds. The highest BCUT2D eigenvalue weighted by molar-refractivity contribution is 9.10. The zero-order valence-electron chi connectivity index (χ0n) is 21.0. The minimum atomic E-state index is -1.03. The summed E-state index contributed by atoms with van der Waals surface area (Å²) >= 11 is 10.2. The smallest absolute Gasteiger partial charge is 0.335 e. The maximum atomic E-state index is 13.4. The number of aromatic nitrogens is 2. The fraction of sp³-hybridized carbons (Fsp3) is 0.0667. The average Bonchev–Trinajstić information content (AvgIpc) is 2.98. The molecule has 0 spiro atoms. The second-order valence-electron chi connectivity index (χ2n) is 8.60. The molecule has 0 radical (unpaired) electrons. The number of aromatic carboxylic acids is 1. The van der Waals surface area contributed by atoms with Crippen molar-refractivity contribution >= 4 is 50.6 Å². The molecule has 0 aliphatic carbocycles. The molecule has 4 aromatic carbocycles. The molecular formula is C30H21BrClN3O5. The standard InChI is InChI=1S/C30H21BrClN3O5/c1-39-24-15-21(25(31)26(32)27(24)40-17-18-8-7-11-20(14-18)30(37)38)16-33-35-28(19-9-3-2-4-10-19)34-23-13-6-5-12-22(23)29(35)36/h2-16H,17H2,1H3,(H,37,38). The van der Waals surface area contributed by atoms with Gasteiger partial charge in [-0.25, -0.2) is 9.78 Å². The molecule has 0 saturated heterocycles. The maximum absolute atomic E-state index is 13.4. The maximum Gasteiger partial charge on any atom is 0.335 e. The van der Waals surface area contributed by atoms with Gasteiger partial charge < -0.3 is 14.6 Å². The molecule has 0 saturated carbocycles. The van der Waals surface area contributed by atoms with Crippen LogP contribution in [0.4, 0.5) is 0 Å². The van der Waals surface area contributed by atoms with Crippen molar-refractivity contribution in [2.24, 2.45) is 5.10 Å². The van der Waals surface area contributed by atoms with E-state index in [-0.39, 0.29) is 28.5 Å². The van der Waals surface area contributed by atoms with Crippen LogP contribution in [0.15, 0.2) is 99.3 Å². The number of fused-ring (bicyclic) bond motifs is 1. The first kappa shape index (κ1) is 27.1. The quantitative estimate of drug-likeness (QED) is 0.195. The molecule has 0 aliphatic rings. The summed E-state index contributed by atoms with van der Waals surface area (Å²) in [5.41, 5.74) is 2.31. The van der Waals surface area contributed by atoms with E-state index in [9.17, 15) is 14.7 Å². The highest BCUT2D eigenvalue weighted by atomic mass is 79.9. The van der Waals surface area contributed by atoms with Gasteiger partial charge in [-0.3, -0.25) is 4.79 Å². The highest BCUT2D eigenvalue weighted by Crippen LogP contribution is 2.42. The zero-order valence-corrected chi connectivity index (χ0v) is 23.4. The summed E-state index contributed by atoms with van der Waals surface area (Å²) in [6.07, 6.45) is 1.49. The Kier molecular flexibility index (Phi) is 7.95. The molecule has 1 N–H and O–H groups in total. The first-order valence-electron chi connectivity index (χ1n) is 12.0. The highest BCUT2D eigenvalue weighted by Gasteiger charge is 2.18. The number of methoxy groups -OCH3 is 1. The van der Waals surface area contributed by atoms with E-state index in [1.54, 1.807) is 36.4 Å².